The maximum Gasteiger partial charge on any atom is 0.512 e. The first kappa shape index (κ1) is 10.7. The molecule has 0 aromatic heterocycles. The molecule has 11 heavy (non-hydrogen) atoms. The smallest absolute Gasteiger partial charge is 0.237 e. The lowest BCUT2D eigenvalue weighted by molar-refractivity contribution is -0.0464. The van der Waals surface area contributed by atoms with Gasteiger partial charge in [-0.2, -0.15) is 13.2 Å². The summed E-state index contributed by atoms with van der Waals surface area (Å²) in [7, 11) is -2.94. The predicted molar refractivity (Wildman–Crippen MR) is 31.8 cm³/mol. The number of rotatable bonds is 2. The summed E-state index contributed by atoms with van der Waals surface area (Å²) in [5.74, 6) is 0. The third-order valence-electron chi connectivity index (χ3n) is 0.607. The lowest BCUT2D eigenvalue weighted by Gasteiger charge is -2.13. The number of hydrogen-bond donors (Lipinski definition) is 1. The van der Waals surface area contributed by atoms with Crippen LogP contribution in [0.4, 0.5) is 13.2 Å². The quantitative estimate of drug-likeness (QED) is 0.621. The first-order valence-electron chi connectivity index (χ1n) is 2.43. The van der Waals surface area contributed by atoms with Gasteiger partial charge in [0.1, 0.15) is 0 Å². The maximum atomic E-state index is 11.5. The molecule has 1 N–H and O–H groups in total. The average Bonchev–Trinajstić information content (AvgIpc) is 1.56. The zero-order valence-corrected chi connectivity index (χ0v) is 6.62. The molecule has 0 aliphatic carbocycles. The number of nitrogens with one attached hydrogen (secondary N) is 1. The van der Waals surface area contributed by atoms with Crippen LogP contribution >= 0.6 is 0 Å². The fraction of sp³-hybridized carbons (Fsp3) is 1.00. The van der Waals surface area contributed by atoms with E-state index in [0.717, 1.165) is 14.1 Å². The first-order valence-corrected chi connectivity index (χ1v) is 3.91. The zero-order valence-electron chi connectivity index (χ0n) is 5.81. The lowest BCUT2D eigenvalue weighted by atomic mass is 11.2. The van der Waals surface area contributed by atoms with Crippen LogP contribution in [0.15, 0.2) is 0 Å². The summed E-state index contributed by atoms with van der Waals surface area (Å²) in [6.07, 6.45) is 0. The van der Waals surface area contributed by atoms with Gasteiger partial charge >= 0.3 is 15.5 Å². The molecule has 0 aliphatic rings. The Morgan fingerprint density at radius 3 is 1.73 bits per heavy atom. The van der Waals surface area contributed by atoms with Gasteiger partial charge in [0.2, 0.25) is 0 Å². The van der Waals surface area contributed by atoms with Gasteiger partial charge in [0.25, 0.3) is 0 Å². The van der Waals surface area contributed by atoms with Crippen molar-refractivity contribution in [3.63, 3.8) is 0 Å². The van der Waals surface area contributed by atoms with Crippen LogP contribution in [-0.2, 0) is 10.0 Å². The van der Waals surface area contributed by atoms with E-state index in [1.165, 1.54) is 4.83 Å². The molecule has 0 saturated heterocycles. The number of nitrogens with zero attached hydrogens (tertiary/aromatic N) is 1. The SMILES string of the molecule is CN(C)NS(=O)(=O)C(F)(F)F. The Bertz CT molecular complexity index is 219. The summed E-state index contributed by atoms with van der Waals surface area (Å²) in [6, 6.07) is 0. The topological polar surface area (TPSA) is 49.4 Å². The van der Waals surface area contributed by atoms with Gasteiger partial charge < -0.3 is 0 Å². The highest BCUT2D eigenvalue weighted by Crippen LogP contribution is 2.21. The number of hydrazine groups is 1. The van der Waals surface area contributed by atoms with Crippen molar-refractivity contribution in [2.75, 3.05) is 14.1 Å². The van der Waals surface area contributed by atoms with Gasteiger partial charge in [0.05, 0.1) is 0 Å². The van der Waals surface area contributed by atoms with E-state index in [1.807, 2.05) is 0 Å². The highest BCUT2D eigenvalue weighted by Gasteiger charge is 2.46. The van der Waals surface area contributed by atoms with Gasteiger partial charge in [-0.15, -0.1) is 4.83 Å². The van der Waals surface area contributed by atoms with Crippen LogP contribution in [0.5, 0.6) is 0 Å². The Labute approximate surface area is 62.0 Å². The molecule has 0 rings (SSSR count). The molecular weight excluding hydrogens is 185 g/mol. The second-order valence-electron chi connectivity index (χ2n) is 1.93. The molecular formula is C3H7F3N2O2S. The maximum absolute atomic E-state index is 11.5. The summed E-state index contributed by atoms with van der Waals surface area (Å²) in [4.78, 5) is 1.24. The number of alkyl halides is 3. The summed E-state index contributed by atoms with van der Waals surface area (Å²) >= 11 is 0. The van der Waals surface area contributed by atoms with Crippen LogP contribution in [0, 0.1) is 0 Å². The number of hydrogen-bond acceptors (Lipinski definition) is 3. The van der Waals surface area contributed by atoms with Crippen molar-refractivity contribution in [3.05, 3.63) is 0 Å². The van der Waals surface area contributed by atoms with Crippen LogP contribution in [0.2, 0.25) is 0 Å². The van der Waals surface area contributed by atoms with E-state index in [0.29, 0.717) is 5.01 Å². The molecule has 0 radical (unpaired) electrons. The predicted octanol–water partition coefficient (Wildman–Crippen LogP) is -0.0978. The van der Waals surface area contributed by atoms with Gasteiger partial charge in [-0.3, -0.25) is 0 Å². The Morgan fingerprint density at radius 2 is 1.64 bits per heavy atom. The molecule has 0 unspecified atom stereocenters. The van der Waals surface area contributed by atoms with Crippen LogP contribution in [0.25, 0.3) is 0 Å². The van der Waals surface area contributed by atoms with E-state index in [1.54, 1.807) is 0 Å². The lowest BCUT2D eigenvalue weighted by Crippen LogP contribution is -2.43. The van der Waals surface area contributed by atoms with E-state index >= 15 is 0 Å². The van der Waals surface area contributed by atoms with Crippen molar-refractivity contribution in [1.29, 1.82) is 0 Å². The standard InChI is InChI=1S/C3H7F3N2O2S/c1-8(2)7-11(9,10)3(4,5)6/h7H,1-2H3. The van der Waals surface area contributed by atoms with E-state index in [2.05, 4.69) is 0 Å². The first-order chi connectivity index (χ1) is 4.67. The van der Waals surface area contributed by atoms with Crippen molar-refractivity contribution < 1.29 is 21.6 Å². The Balaban J connectivity index is 4.51. The minimum atomic E-state index is -5.25. The van der Waals surface area contributed by atoms with E-state index in [-0.39, 0.29) is 0 Å². The Hall–Kier alpha value is -0.340. The van der Waals surface area contributed by atoms with E-state index < -0.39 is 15.5 Å². The van der Waals surface area contributed by atoms with Crippen LogP contribution in [-0.4, -0.2) is 33.0 Å². The molecule has 8 heteroatoms. The van der Waals surface area contributed by atoms with Crippen LogP contribution < -0.4 is 4.83 Å². The van der Waals surface area contributed by atoms with Crippen LogP contribution in [0.3, 0.4) is 0 Å². The fourth-order valence-electron chi connectivity index (χ4n) is 0.292. The Morgan fingerprint density at radius 1 is 1.27 bits per heavy atom. The van der Waals surface area contributed by atoms with E-state index in [9.17, 15) is 21.6 Å². The van der Waals surface area contributed by atoms with Crippen molar-refractivity contribution in [2.24, 2.45) is 0 Å². The monoisotopic (exact) mass is 192 g/mol. The second-order valence-corrected chi connectivity index (χ2v) is 3.59. The third kappa shape index (κ3) is 3.04. The molecule has 0 spiro atoms. The van der Waals surface area contributed by atoms with Gasteiger partial charge in [-0.05, 0) is 0 Å². The van der Waals surface area contributed by atoms with E-state index in [4.69, 9.17) is 0 Å². The molecule has 0 saturated carbocycles. The minimum absolute atomic E-state index is 0.697. The normalized spacial score (nSPS) is 14.0. The largest absolute Gasteiger partial charge is 0.512 e. The number of halogens is 3. The number of sulfonamides is 1. The Kier molecular flexibility index (Phi) is 2.86. The van der Waals surface area contributed by atoms with Crippen molar-refractivity contribution in [3.8, 4) is 0 Å². The molecule has 0 fully saturated rings. The summed E-state index contributed by atoms with van der Waals surface area (Å²) in [6.45, 7) is 0. The summed E-state index contributed by atoms with van der Waals surface area (Å²) < 4.78 is 54.9. The molecule has 0 heterocycles. The molecule has 0 amide bonds. The molecule has 4 nitrogen and oxygen atoms in total. The van der Waals surface area contributed by atoms with Crippen LogP contribution in [0.1, 0.15) is 0 Å². The van der Waals surface area contributed by atoms with Gasteiger partial charge in [-0.25, -0.2) is 13.4 Å². The molecule has 0 bridgehead atoms. The van der Waals surface area contributed by atoms with Crippen molar-refractivity contribution in [2.45, 2.75) is 5.51 Å². The van der Waals surface area contributed by atoms with Gasteiger partial charge in [-0.1, -0.05) is 0 Å². The fourth-order valence-corrected chi connectivity index (χ4v) is 0.876. The third-order valence-corrected chi connectivity index (χ3v) is 1.82. The minimum Gasteiger partial charge on any atom is -0.237 e. The van der Waals surface area contributed by atoms with Gasteiger partial charge in [0.15, 0.2) is 0 Å². The molecule has 0 aliphatic heterocycles. The summed E-state index contributed by atoms with van der Waals surface area (Å²) in [5.41, 5.74) is -5.25. The van der Waals surface area contributed by atoms with Crippen molar-refractivity contribution in [1.82, 2.24) is 9.84 Å². The molecule has 0 atom stereocenters. The van der Waals surface area contributed by atoms with Crippen molar-refractivity contribution >= 4 is 10.0 Å². The molecule has 68 valence electrons. The molecule has 0 aromatic rings. The highest BCUT2D eigenvalue weighted by molar-refractivity contribution is 7.90. The van der Waals surface area contributed by atoms with Gasteiger partial charge in [0, 0.05) is 14.1 Å². The zero-order chi connectivity index (χ0) is 9.28. The highest BCUT2D eigenvalue weighted by atomic mass is 32.2. The summed E-state index contributed by atoms with van der Waals surface area (Å²) in [5, 5.41) is 0.697. The molecule has 0 aromatic carbocycles. The average molecular weight is 192 g/mol. The second kappa shape index (κ2) is 2.95.